The van der Waals surface area contributed by atoms with Gasteiger partial charge >= 0.3 is 0 Å². The van der Waals surface area contributed by atoms with E-state index in [2.05, 4.69) is 5.32 Å². The van der Waals surface area contributed by atoms with Crippen molar-refractivity contribution in [3.63, 3.8) is 0 Å². The molecule has 3 rings (SSSR count). The first-order valence-corrected chi connectivity index (χ1v) is 9.28. The molecule has 2 fully saturated rings. The number of hydrogen-bond donors (Lipinski definition) is 1. The SMILES string of the molecule is Cc1ccc(Cl)cc1NC(=O)C1CCC(C(=O)N2CCCC2)CC1. The maximum atomic E-state index is 12.5. The number of nitrogens with zero attached hydrogens (tertiary/aromatic N) is 1. The average molecular weight is 349 g/mol. The Labute approximate surface area is 148 Å². The fourth-order valence-corrected chi connectivity index (χ4v) is 3.93. The second-order valence-electron chi connectivity index (χ2n) is 7.03. The predicted molar refractivity (Wildman–Crippen MR) is 96.1 cm³/mol. The van der Waals surface area contributed by atoms with Crippen LogP contribution in [0.15, 0.2) is 18.2 Å². The van der Waals surface area contributed by atoms with Crippen LogP contribution in [0.1, 0.15) is 44.1 Å². The van der Waals surface area contributed by atoms with Crippen molar-refractivity contribution < 1.29 is 9.59 Å². The van der Waals surface area contributed by atoms with Gasteiger partial charge in [-0.15, -0.1) is 0 Å². The Hall–Kier alpha value is -1.55. The second-order valence-corrected chi connectivity index (χ2v) is 7.47. The first kappa shape index (κ1) is 17.3. The minimum absolute atomic E-state index is 0.00832. The first-order chi connectivity index (χ1) is 11.5. The molecule has 1 aliphatic heterocycles. The highest BCUT2D eigenvalue weighted by Gasteiger charge is 2.33. The molecule has 1 saturated heterocycles. The van der Waals surface area contributed by atoms with Gasteiger partial charge in [-0.2, -0.15) is 0 Å². The zero-order valence-corrected chi connectivity index (χ0v) is 14.9. The van der Waals surface area contributed by atoms with Crippen LogP contribution in [0.4, 0.5) is 5.69 Å². The third-order valence-corrected chi connectivity index (χ3v) is 5.56. The molecule has 130 valence electrons. The molecule has 1 aliphatic carbocycles. The maximum Gasteiger partial charge on any atom is 0.227 e. The summed E-state index contributed by atoms with van der Waals surface area (Å²) in [5.74, 6) is 0.454. The van der Waals surface area contributed by atoms with E-state index in [1.54, 1.807) is 6.07 Å². The molecule has 0 bridgehead atoms. The van der Waals surface area contributed by atoms with Crippen molar-refractivity contribution in [2.45, 2.75) is 45.4 Å². The number of halogens is 1. The van der Waals surface area contributed by atoms with E-state index in [4.69, 9.17) is 11.6 Å². The Kier molecular flexibility index (Phi) is 5.44. The Bertz CT molecular complexity index is 618. The van der Waals surface area contributed by atoms with Gasteiger partial charge in [-0.25, -0.2) is 0 Å². The molecule has 0 radical (unpaired) electrons. The van der Waals surface area contributed by atoms with Crippen LogP contribution in [0.2, 0.25) is 5.02 Å². The predicted octanol–water partition coefficient (Wildman–Crippen LogP) is 4.02. The minimum atomic E-state index is -0.00832. The van der Waals surface area contributed by atoms with E-state index in [1.807, 2.05) is 24.0 Å². The lowest BCUT2D eigenvalue weighted by molar-refractivity contribution is -0.136. The van der Waals surface area contributed by atoms with Gasteiger partial charge in [0.2, 0.25) is 11.8 Å². The molecule has 24 heavy (non-hydrogen) atoms. The van der Waals surface area contributed by atoms with Gasteiger partial charge < -0.3 is 10.2 Å². The summed E-state index contributed by atoms with van der Waals surface area (Å²) in [7, 11) is 0. The van der Waals surface area contributed by atoms with E-state index in [9.17, 15) is 9.59 Å². The first-order valence-electron chi connectivity index (χ1n) is 8.90. The van der Waals surface area contributed by atoms with Gasteiger partial charge in [0, 0.05) is 35.6 Å². The van der Waals surface area contributed by atoms with Gasteiger partial charge in [0.25, 0.3) is 0 Å². The van der Waals surface area contributed by atoms with Crippen LogP contribution in [0.3, 0.4) is 0 Å². The van der Waals surface area contributed by atoms with Crippen molar-refractivity contribution in [3.05, 3.63) is 28.8 Å². The van der Waals surface area contributed by atoms with Crippen LogP contribution in [0.5, 0.6) is 0 Å². The number of carbonyl (C=O) groups excluding carboxylic acids is 2. The van der Waals surface area contributed by atoms with Crippen molar-refractivity contribution in [1.82, 2.24) is 4.90 Å². The summed E-state index contributed by atoms with van der Waals surface area (Å²) in [6, 6.07) is 5.52. The number of amides is 2. The lowest BCUT2D eigenvalue weighted by Crippen LogP contribution is -2.37. The molecule has 0 spiro atoms. The van der Waals surface area contributed by atoms with Gasteiger partial charge in [-0.1, -0.05) is 17.7 Å². The summed E-state index contributed by atoms with van der Waals surface area (Å²) in [5.41, 5.74) is 1.79. The van der Waals surface area contributed by atoms with Crippen LogP contribution < -0.4 is 5.32 Å². The Morgan fingerprint density at radius 2 is 1.71 bits per heavy atom. The van der Waals surface area contributed by atoms with Crippen molar-refractivity contribution in [2.24, 2.45) is 11.8 Å². The fourth-order valence-electron chi connectivity index (χ4n) is 3.76. The number of aryl methyl sites for hydroxylation is 1. The van der Waals surface area contributed by atoms with Gasteiger partial charge in [0.05, 0.1) is 0 Å². The summed E-state index contributed by atoms with van der Waals surface area (Å²) >= 11 is 6.01. The third-order valence-electron chi connectivity index (χ3n) is 5.32. The molecular formula is C19H25ClN2O2. The highest BCUT2D eigenvalue weighted by Crippen LogP contribution is 2.32. The van der Waals surface area contributed by atoms with Gasteiger partial charge in [0.15, 0.2) is 0 Å². The number of nitrogens with one attached hydrogen (secondary N) is 1. The topological polar surface area (TPSA) is 49.4 Å². The molecule has 1 aromatic rings. The van der Waals surface area contributed by atoms with Crippen molar-refractivity contribution in [2.75, 3.05) is 18.4 Å². The molecule has 0 unspecified atom stereocenters. The maximum absolute atomic E-state index is 12.5. The van der Waals surface area contributed by atoms with Crippen LogP contribution in [0, 0.1) is 18.8 Å². The highest BCUT2D eigenvalue weighted by molar-refractivity contribution is 6.31. The van der Waals surface area contributed by atoms with Crippen molar-refractivity contribution in [1.29, 1.82) is 0 Å². The van der Waals surface area contributed by atoms with Crippen LogP contribution in [-0.4, -0.2) is 29.8 Å². The van der Waals surface area contributed by atoms with Crippen LogP contribution in [0.25, 0.3) is 0 Å². The largest absolute Gasteiger partial charge is 0.342 e. The summed E-state index contributed by atoms with van der Waals surface area (Å²) < 4.78 is 0. The van der Waals surface area contributed by atoms with E-state index in [0.29, 0.717) is 10.9 Å². The fraction of sp³-hybridized carbons (Fsp3) is 0.579. The molecule has 1 heterocycles. The van der Waals surface area contributed by atoms with Gasteiger partial charge in [-0.05, 0) is 63.1 Å². The number of likely N-dealkylation sites (tertiary alicyclic amines) is 1. The molecule has 1 aromatic carbocycles. The zero-order chi connectivity index (χ0) is 17.1. The minimum Gasteiger partial charge on any atom is -0.342 e. The van der Waals surface area contributed by atoms with Crippen LogP contribution in [-0.2, 0) is 9.59 Å². The summed E-state index contributed by atoms with van der Waals surface area (Å²) in [5, 5.41) is 3.62. The number of benzene rings is 1. The van der Waals surface area contributed by atoms with Crippen LogP contribution >= 0.6 is 11.6 Å². The molecule has 2 amide bonds. The number of carbonyl (C=O) groups is 2. The Morgan fingerprint density at radius 1 is 1.08 bits per heavy atom. The summed E-state index contributed by atoms with van der Waals surface area (Å²) in [6.45, 7) is 3.78. The normalized spacial score (nSPS) is 24.0. The monoisotopic (exact) mass is 348 g/mol. The number of anilines is 1. The molecule has 4 nitrogen and oxygen atoms in total. The number of rotatable bonds is 3. The standard InChI is InChI=1S/C19H25ClN2O2/c1-13-4-9-16(20)12-17(13)21-18(23)14-5-7-15(8-6-14)19(24)22-10-2-3-11-22/h4,9,12,14-15H,2-3,5-8,10-11H2,1H3,(H,21,23). The molecule has 1 saturated carbocycles. The Morgan fingerprint density at radius 3 is 2.38 bits per heavy atom. The second kappa shape index (κ2) is 7.56. The van der Waals surface area contributed by atoms with Gasteiger partial charge in [-0.3, -0.25) is 9.59 Å². The lowest BCUT2D eigenvalue weighted by Gasteiger charge is -2.30. The number of hydrogen-bond acceptors (Lipinski definition) is 2. The quantitative estimate of drug-likeness (QED) is 0.897. The van der Waals surface area contributed by atoms with E-state index in [0.717, 1.165) is 62.9 Å². The lowest BCUT2D eigenvalue weighted by atomic mass is 9.81. The van der Waals surface area contributed by atoms with E-state index in [1.165, 1.54) is 0 Å². The smallest absolute Gasteiger partial charge is 0.227 e. The highest BCUT2D eigenvalue weighted by atomic mass is 35.5. The molecule has 5 heteroatoms. The molecule has 0 aromatic heterocycles. The van der Waals surface area contributed by atoms with E-state index in [-0.39, 0.29) is 17.7 Å². The molecule has 0 atom stereocenters. The Balaban J connectivity index is 1.53. The average Bonchev–Trinajstić information content (AvgIpc) is 3.12. The van der Waals surface area contributed by atoms with E-state index < -0.39 is 0 Å². The van der Waals surface area contributed by atoms with E-state index >= 15 is 0 Å². The molecule has 1 N–H and O–H groups in total. The zero-order valence-electron chi connectivity index (χ0n) is 14.2. The summed E-state index contributed by atoms with van der Waals surface area (Å²) in [4.78, 5) is 27.0. The molecular weight excluding hydrogens is 324 g/mol. The summed E-state index contributed by atoms with van der Waals surface area (Å²) in [6.07, 6.45) is 5.47. The van der Waals surface area contributed by atoms with Crippen molar-refractivity contribution >= 4 is 29.1 Å². The molecule has 2 aliphatic rings. The van der Waals surface area contributed by atoms with Gasteiger partial charge in [0.1, 0.15) is 0 Å². The van der Waals surface area contributed by atoms with Crippen molar-refractivity contribution in [3.8, 4) is 0 Å². The third kappa shape index (κ3) is 3.92.